The molecule has 0 unspecified atom stereocenters. The first-order chi connectivity index (χ1) is 13.6. The molecule has 4 nitrogen and oxygen atoms in total. The Balaban J connectivity index is 1.51. The topological polar surface area (TPSA) is 62.1 Å². The summed E-state index contributed by atoms with van der Waals surface area (Å²) in [6, 6.07) is 15.1. The van der Waals surface area contributed by atoms with Gasteiger partial charge in [-0.05, 0) is 77.5 Å². The fourth-order valence-corrected chi connectivity index (χ4v) is 3.83. The summed E-state index contributed by atoms with van der Waals surface area (Å²) in [5.41, 5.74) is 2.21. The number of halogens is 1. The Bertz CT molecular complexity index is 934. The molecule has 1 aliphatic carbocycles. The van der Waals surface area contributed by atoms with Crippen molar-refractivity contribution in [3.8, 4) is 24.2 Å². The van der Waals surface area contributed by atoms with E-state index < -0.39 is 0 Å². The highest BCUT2D eigenvalue weighted by Gasteiger charge is 2.24. The van der Waals surface area contributed by atoms with Crippen molar-refractivity contribution in [3.63, 3.8) is 0 Å². The third kappa shape index (κ3) is 5.15. The molecule has 2 aromatic rings. The van der Waals surface area contributed by atoms with Gasteiger partial charge in [0.2, 0.25) is 0 Å². The molecule has 1 N–H and O–H groups in total. The standard InChI is InChI=1S/C23H21BrN2O2/c1-2-4-16-5-3-6-17(13-16)23(27)26-19-8-11-20(12-9-19)28-21-10-7-18(15-25)22(24)14-21/h1,3,5-7,10,13-14,19-20H,4,8-9,11-12H2,(H,26,27). The highest BCUT2D eigenvalue weighted by atomic mass is 79.9. The summed E-state index contributed by atoms with van der Waals surface area (Å²) in [4.78, 5) is 12.5. The van der Waals surface area contributed by atoms with Crippen LogP contribution in [-0.4, -0.2) is 18.1 Å². The van der Waals surface area contributed by atoms with Crippen LogP contribution in [0.25, 0.3) is 0 Å². The number of carbonyl (C=O) groups excluding carboxylic acids is 1. The lowest BCUT2D eigenvalue weighted by molar-refractivity contribution is 0.0894. The highest BCUT2D eigenvalue weighted by Crippen LogP contribution is 2.27. The minimum atomic E-state index is -0.0562. The van der Waals surface area contributed by atoms with Crippen molar-refractivity contribution in [1.29, 1.82) is 5.26 Å². The molecule has 1 fully saturated rings. The molecule has 0 aromatic heterocycles. The SMILES string of the molecule is C#CCc1cccc(C(=O)NC2CCC(Oc3ccc(C#N)c(Br)c3)CC2)c1. The zero-order chi connectivity index (χ0) is 19.9. The number of nitriles is 1. The Morgan fingerprint density at radius 3 is 2.68 bits per heavy atom. The largest absolute Gasteiger partial charge is 0.490 e. The first-order valence-corrected chi connectivity index (χ1v) is 10.1. The van der Waals surface area contributed by atoms with Crippen molar-refractivity contribution in [2.45, 2.75) is 44.2 Å². The third-order valence-electron chi connectivity index (χ3n) is 4.87. The van der Waals surface area contributed by atoms with Crippen LogP contribution in [-0.2, 0) is 6.42 Å². The Morgan fingerprint density at radius 2 is 2.00 bits per heavy atom. The molecule has 28 heavy (non-hydrogen) atoms. The Kier molecular flexibility index (Phi) is 6.74. The van der Waals surface area contributed by atoms with Crippen LogP contribution in [0.1, 0.15) is 47.2 Å². The van der Waals surface area contributed by atoms with Crippen molar-refractivity contribution >= 4 is 21.8 Å². The van der Waals surface area contributed by atoms with Gasteiger partial charge in [0.05, 0.1) is 11.7 Å². The average molecular weight is 437 g/mol. The smallest absolute Gasteiger partial charge is 0.251 e. The average Bonchev–Trinajstić information content (AvgIpc) is 2.70. The second-order valence-electron chi connectivity index (χ2n) is 6.90. The number of benzene rings is 2. The molecule has 1 amide bonds. The number of hydrogen-bond acceptors (Lipinski definition) is 3. The molecule has 0 heterocycles. The van der Waals surface area contributed by atoms with Crippen LogP contribution in [0.3, 0.4) is 0 Å². The van der Waals surface area contributed by atoms with Gasteiger partial charge in [0.15, 0.2) is 0 Å². The van der Waals surface area contributed by atoms with Crippen molar-refractivity contribution in [3.05, 3.63) is 63.6 Å². The second kappa shape index (κ2) is 9.44. The number of amides is 1. The van der Waals surface area contributed by atoms with Gasteiger partial charge in [-0.25, -0.2) is 0 Å². The van der Waals surface area contributed by atoms with Gasteiger partial charge < -0.3 is 10.1 Å². The Hall–Kier alpha value is -2.76. The monoisotopic (exact) mass is 436 g/mol. The van der Waals surface area contributed by atoms with Gasteiger partial charge in [-0.3, -0.25) is 4.79 Å². The van der Waals surface area contributed by atoms with E-state index >= 15 is 0 Å². The number of nitrogens with zero attached hydrogens (tertiary/aromatic N) is 1. The maximum absolute atomic E-state index is 12.5. The molecule has 1 saturated carbocycles. The Morgan fingerprint density at radius 1 is 1.21 bits per heavy atom. The fourth-order valence-electron chi connectivity index (χ4n) is 3.39. The Labute approximate surface area is 174 Å². The van der Waals surface area contributed by atoms with Crippen LogP contribution in [0.5, 0.6) is 5.75 Å². The van der Waals surface area contributed by atoms with E-state index in [4.69, 9.17) is 16.4 Å². The van der Waals surface area contributed by atoms with Crippen LogP contribution < -0.4 is 10.1 Å². The van der Waals surface area contributed by atoms with E-state index in [1.807, 2.05) is 36.4 Å². The van der Waals surface area contributed by atoms with Crippen molar-refractivity contribution in [2.24, 2.45) is 0 Å². The highest BCUT2D eigenvalue weighted by molar-refractivity contribution is 9.10. The lowest BCUT2D eigenvalue weighted by Gasteiger charge is -2.29. The second-order valence-corrected chi connectivity index (χ2v) is 7.75. The minimum absolute atomic E-state index is 0.0562. The molecule has 0 atom stereocenters. The lowest BCUT2D eigenvalue weighted by atomic mass is 9.92. The van der Waals surface area contributed by atoms with Crippen molar-refractivity contribution in [1.82, 2.24) is 5.32 Å². The summed E-state index contributed by atoms with van der Waals surface area (Å²) in [6.45, 7) is 0. The van der Waals surface area contributed by atoms with E-state index in [0.29, 0.717) is 17.5 Å². The molecular formula is C23H21BrN2O2. The number of terminal acetylenes is 1. The van der Waals surface area contributed by atoms with Crippen LogP contribution in [0.2, 0.25) is 0 Å². The zero-order valence-corrected chi connectivity index (χ0v) is 17.0. The van der Waals surface area contributed by atoms with Gasteiger partial charge in [0, 0.05) is 22.5 Å². The van der Waals surface area contributed by atoms with Crippen LogP contribution in [0, 0.1) is 23.7 Å². The van der Waals surface area contributed by atoms with E-state index in [9.17, 15) is 4.79 Å². The van der Waals surface area contributed by atoms with Crippen LogP contribution in [0.15, 0.2) is 46.9 Å². The van der Waals surface area contributed by atoms with Gasteiger partial charge in [-0.1, -0.05) is 12.1 Å². The summed E-state index contributed by atoms with van der Waals surface area (Å²) >= 11 is 3.38. The van der Waals surface area contributed by atoms with Gasteiger partial charge in [-0.15, -0.1) is 12.3 Å². The fraction of sp³-hybridized carbons (Fsp3) is 0.304. The molecule has 1 aliphatic rings. The molecule has 0 radical (unpaired) electrons. The van der Waals surface area contributed by atoms with Gasteiger partial charge >= 0.3 is 0 Å². The zero-order valence-electron chi connectivity index (χ0n) is 15.5. The first-order valence-electron chi connectivity index (χ1n) is 9.28. The summed E-state index contributed by atoms with van der Waals surface area (Å²) in [5, 5.41) is 12.1. The predicted octanol–water partition coefficient (Wildman–Crippen LogP) is 4.62. The van der Waals surface area contributed by atoms with Gasteiger partial charge in [0.1, 0.15) is 11.8 Å². The molecular weight excluding hydrogens is 416 g/mol. The molecule has 3 rings (SSSR count). The lowest BCUT2D eigenvalue weighted by Crippen LogP contribution is -2.39. The molecule has 0 saturated heterocycles. The molecule has 0 aliphatic heterocycles. The van der Waals surface area contributed by atoms with E-state index in [1.54, 1.807) is 6.07 Å². The van der Waals surface area contributed by atoms with E-state index in [0.717, 1.165) is 41.5 Å². The van der Waals surface area contributed by atoms with Crippen molar-refractivity contribution < 1.29 is 9.53 Å². The maximum atomic E-state index is 12.5. The normalized spacial score (nSPS) is 18.5. The summed E-state index contributed by atoms with van der Waals surface area (Å²) < 4.78 is 6.78. The minimum Gasteiger partial charge on any atom is -0.490 e. The number of hydrogen-bond donors (Lipinski definition) is 1. The van der Waals surface area contributed by atoms with Gasteiger partial charge in [0.25, 0.3) is 5.91 Å². The third-order valence-corrected chi connectivity index (χ3v) is 5.52. The predicted molar refractivity (Wildman–Crippen MR) is 112 cm³/mol. The molecule has 0 bridgehead atoms. The van der Waals surface area contributed by atoms with E-state index in [1.165, 1.54) is 0 Å². The van der Waals surface area contributed by atoms with Crippen molar-refractivity contribution in [2.75, 3.05) is 0 Å². The number of carbonyl (C=O) groups is 1. The molecule has 0 spiro atoms. The molecule has 5 heteroatoms. The quantitative estimate of drug-likeness (QED) is 0.695. The first kappa shape index (κ1) is 20.0. The summed E-state index contributed by atoms with van der Waals surface area (Å²) in [6.07, 6.45) is 9.48. The summed E-state index contributed by atoms with van der Waals surface area (Å²) in [5.74, 6) is 3.30. The van der Waals surface area contributed by atoms with Gasteiger partial charge in [-0.2, -0.15) is 5.26 Å². The van der Waals surface area contributed by atoms with E-state index in [2.05, 4.69) is 33.2 Å². The maximum Gasteiger partial charge on any atom is 0.251 e. The molecule has 142 valence electrons. The summed E-state index contributed by atoms with van der Waals surface area (Å²) in [7, 11) is 0. The van der Waals surface area contributed by atoms with Crippen LogP contribution in [0.4, 0.5) is 0 Å². The van der Waals surface area contributed by atoms with E-state index in [-0.39, 0.29) is 18.1 Å². The van der Waals surface area contributed by atoms with Crippen LogP contribution >= 0.6 is 15.9 Å². The molecule has 2 aromatic carbocycles. The number of rotatable bonds is 5. The number of ether oxygens (including phenoxy) is 1. The number of nitrogens with one attached hydrogen (secondary N) is 1.